The number of carbonyl (C=O) groups excluding carboxylic acids is 1. The van der Waals surface area contributed by atoms with E-state index < -0.39 is 0 Å². The van der Waals surface area contributed by atoms with Crippen molar-refractivity contribution in [1.82, 2.24) is 5.32 Å². The van der Waals surface area contributed by atoms with E-state index in [9.17, 15) is 4.79 Å². The molecule has 0 atom stereocenters. The second-order valence-electron chi connectivity index (χ2n) is 6.07. The van der Waals surface area contributed by atoms with Gasteiger partial charge in [-0.2, -0.15) is 0 Å². The highest BCUT2D eigenvalue weighted by molar-refractivity contribution is 5.97. The number of hydrogen-bond donors (Lipinski definition) is 1. The molecule has 0 bridgehead atoms. The van der Waals surface area contributed by atoms with Crippen LogP contribution in [0.4, 0.5) is 0 Å². The van der Waals surface area contributed by atoms with Gasteiger partial charge < -0.3 is 10.1 Å². The summed E-state index contributed by atoms with van der Waals surface area (Å²) >= 11 is 0. The third-order valence-electron chi connectivity index (χ3n) is 3.81. The Labute approximate surface area is 122 Å². The van der Waals surface area contributed by atoms with Gasteiger partial charge in [0.05, 0.1) is 12.7 Å². The van der Waals surface area contributed by atoms with Crippen molar-refractivity contribution in [3.63, 3.8) is 0 Å². The first-order valence-electron chi connectivity index (χ1n) is 7.29. The Morgan fingerprint density at radius 1 is 1.20 bits per heavy atom. The van der Waals surface area contributed by atoms with Gasteiger partial charge in [-0.25, -0.2) is 0 Å². The maximum absolute atomic E-state index is 12.3. The molecule has 1 rings (SSSR count). The summed E-state index contributed by atoms with van der Waals surface area (Å²) < 4.78 is 5.26. The maximum Gasteiger partial charge on any atom is 0.255 e. The Kier molecular flexibility index (Phi) is 6.05. The van der Waals surface area contributed by atoms with E-state index in [0.717, 1.165) is 5.56 Å². The van der Waals surface area contributed by atoms with E-state index in [-0.39, 0.29) is 5.91 Å². The Bertz CT molecular complexity index is 444. The van der Waals surface area contributed by atoms with E-state index in [2.05, 4.69) is 33.0 Å². The van der Waals surface area contributed by atoms with Gasteiger partial charge in [0.25, 0.3) is 5.91 Å². The van der Waals surface area contributed by atoms with Gasteiger partial charge in [0.1, 0.15) is 5.75 Å². The number of benzene rings is 1. The first-order valence-corrected chi connectivity index (χ1v) is 7.29. The number of carbonyl (C=O) groups is 1. The zero-order valence-electron chi connectivity index (χ0n) is 13.5. The van der Waals surface area contributed by atoms with Crippen LogP contribution in [0.2, 0.25) is 0 Å². The second-order valence-corrected chi connectivity index (χ2v) is 6.07. The molecule has 112 valence electrons. The number of hydrogen-bond acceptors (Lipinski definition) is 2. The van der Waals surface area contributed by atoms with Gasteiger partial charge in [0, 0.05) is 6.54 Å². The lowest BCUT2D eigenvalue weighted by atomic mass is 9.85. The van der Waals surface area contributed by atoms with Gasteiger partial charge in [0.2, 0.25) is 0 Å². The minimum absolute atomic E-state index is 0.0585. The minimum Gasteiger partial charge on any atom is -0.496 e. The number of aryl methyl sites for hydroxylation is 1. The lowest BCUT2D eigenvalue weighted by molar-refractivity contribution is 0.0934. The molecule has 0 radical (unpaired) electrons. The second kappa shape index (κ2) is 7.32. The van der Waals surface area contributed by atoms with E-state index in [1.807, 2.05) is 25.1 Å². The Morgan fingerprint density at radius 3 is 2.30 bits per heavy atom. The molecule has 0 aliphatic heterocycles. The van der Waals surface area contributed by atoms with Gasteiger partial charge in [-0.05, 0) is 36.8 Å². The first kappa shape index (κ1) is 16.5. The zero-order valence-corrected chi connectivity index (χ0v) is 13.5. The van der Waals surface area contributed by atoms with E-state index in [4.69, 9.17) is 4.74 Å². The fraction of sp³-hybridized carbons (Fsp3) is 0.588. The Hall–Kier alpha value is -1.51. The average Bonchev–Trinajstić information content (AvgIpc) is 2.37. The summed E-state index contributed by atoms with van der Waals surface area (Å²) in [6.07, 6.45) is 0. The summed E-state index contributed by atoms with van der Waals surface area (Å²) in [4.78, 5) is 12.3. The van der Waals surface area contributed by atoms with Crippen molar-refractivity contribution in [3.05, 3.63) is 29.3 Å². The van der Waals surface area contributed by atoms with Crippen LogP contribution in [0.3, 0.4) is 0 Å². The van der Waals surface area contributed by atoms with Crippen molar-refractivity contribution in [2.45, 2.75) is 34.6 Å². The molecule has 3 heteroatoms. The van der Waals surface area contributed by atoms with Crippen molar-refractivity contribution < 1.29 is 9.53 Å². The summed E-state index contributed by atoms with van der Waals surface area (Å²) in [5.74, 6) is 2.15. The van der Waals surface area contributed by atoms with Crippen LogP contribution in [0, 0.1) is 24.7 Å². The Balaban J connectivity index is 2.79. The maximum atomic E-state index is 12.3. The lowest BCUT2D eigenvalue weighted by Gasteiger charge is -2.25. The molecule has 0 unspecified atom stereocenters. The predicted molar refractivity (Wildman–Crippen MR) is 83.2 cm³/mol. The summed E-state index contributed by atoms with van der Waals surface area (Å²) in [5, 5.41) is 3.04. The molecule has 1 aromatic rings. The summed E-state index contributed by atoms with van der Waals surface area (Å²) in [6, 6.07) is 5.65. The summed E-state index contributed by atoms with van der Waals surface area (Å²) in [5.41, 5.74) is 1.67. The number of methoxy groups -OCH3 is 1. The van der Waals surface area contributed by atoms with E-state index in [1.165, 1.54) is 0 Å². The molecule has 1 aromatic carbocycles. The van der Waals surface area contributed by atoms with Gasteiger partial charge in [-0.1, -0.05) is 39.3 Å². The molecular formula is C17H27NO2. The van der Waals surface area contributed by atoms with Crippen LogP contribution in [-0.2, 0) is 0 Å². The smallest absolute Gasteiger partial charge is 0.255 e. The standard InChI is InChI=1S/C17H27NO2/c1-11(2)15(12(3)4)10-18-17(19)14-9-13(5)7-8-16(14)20-6/h7-9,11-12,15H,10H2,1-6H3,(H,18,19). The topological polar surface area (TPSA) is 38.3 Å². The normalized spacial score (nSPS) is 11.2. The summed E-state index contributed by atoms with van der Waals surface area (Å²) in [6.45, 7) is 11.5. The first-order chi connectivity index (χ1) is 9.36. The molecule has 0 aromatic heterocycles. The van der Waals surface area contributed by atoms with Crippen LogP contribution in [0.15, 0.2) is 18.2 Å². The number of rotatable bonds is 6. The van der Waals surface area contributed by atoms with Crippen LogP contribution < -0.4 is 10.1 Å². The third-order valence-corrected chi connectivity index (χ3v) is 3.81. The molecule has 0 saturated carbocycles. The van der Waals surface area contributed by atoms with Gasteiger partial charge >= 0.3 is 0 Å². The minimum atomic E-state index is -0.0585. The average molecular weight is 277 g/mol. The van der Waals surface area contributed by atoms with Crippen LogP contribution in [-0.4, -0.2) is 19.6 Å². The molecule has 0 saturated heterocycles. The van der Waals surface area contributed by atoms with Gasteiger partial charge in [-0.3, -0.25) is 4.79 Å². The molecule has 1 N–H and O–H groups in total. The molecule has 0 heterocycles. The fourth-order valence-corrected chi connectivity index (χ4v) is 2.55. The summed E-state index contributed by atoms with van der Waals surface area (Å²) in [7, 11) is 1.59. The molecule has 20 heavy (non-hydrogen) atoms. The number of amides is 1. The van der Waals surface area contributed by atoms with Crippen molar-refractivity contribution >= 4 is 5.91 Å². The molecule has 0 fully saturated rings. The van der Waals surface area contributed by atoms with Crippen molar-refractivity contribution in [2.75, 3.05) is 13.7 Å². The van der Waals surface area contributed by atoms with Crippen LogP contribution in [0.5, 0.6) is 5.75 Å². The monoisotopic (exact) mass is 277 g/mol. The molecule has 3 nitrogen and oxygen atoms in total. The van der Waals surface area contributed by atoms with E-state index in [1.54, 1.807) is 7.11 Å². The van der Waals surface area contributed by atoms with Crippen LogP contribution in [0.25, 0.3) is 0 Å². The Morgan fingerprint density at radius 2 is 1.80 bits per heavy atom. The van der Waals surface area contributed by atoms with E-state index in [0.29, 0.717) is 35.6 Å². The highest BCUT2D eigenvalue weighted by Crippen LogP contribution is 2.22. The zero-order chi connectivity index (χ0) is 15.3. The van der Waals surface area contributed by atoms with Crippen molar-refractivity contribution in [3.8, 4) is 5.75 Å². The fourth-order valence-electron chi connectivity index (χ4n) is 2.55. The number of nitrogens with one attached hydrogen (secondary N) is 1. The van der Waals surface area contributed by atoms with Crippen molar-refractivity contribution in [1.29, 1.82) is 0 Å². The van der Waals surface area contributed by atoms with E-state index >= 15 is 0 Å². The van der Waals surface area contributed by atoms with Crippen LogP contribution >= 0.6 is 0 Å². The number of ether oxygens (including phenoxy) is 1. The predicted octanol–water partition coefficient (Wildman–Crippen LogP) is 3.66. The third kappa shape index (κ3) is 4.26. The van der Waals surface area contributed by atoms with Crippen LogP contribution in [0.1, 0.15) is 43.6 Å². The van der Waals surface area contributed by atoms with Crippen molar-refractivity contribution in [2.24, 2.45) is 17.8 Å². The molecular weight excluding hydrogens is 250 g/mol. The SMILES string of the molecule is COc1ccc(C)cc1C(=O)NCC(C(C)C)C(C)C. The lowest BCUT2D eigenvalue weighted by Crippen LogP contribution is -2.34. The molecule has 0 aliphatic carbocycles. The van der Waals surface area contributed by atoms with Gasteiger partial charge in [-0.15, -0.1) is 0 Å². The van der Waals surface area contributed by atoms with Gasteiger partial charge in [0.15, 0.2) is 0 Å². The molecule has 0 aliphatic rings. The highest BCUT2D eigenvalue weighted by Gasteiger charge is 2.19. The quantitative estimate of drug-likeness (QED) is 0.861. The largest absolute Gasteiger partial charge is 0.496 e. The molecule has 1 amide bonds. The molecule has 0 spiro atoms. The highest BCUT2D eigenvalue weighted by atomic mass is 16.5.